The molecule has 0 atom stereocenters. The van der Waals surface area contributed by atoms with Crippen LogP contribution in [0, 0.1) is 0 Å². The van der Waals surface area contributed by atoms with E-state index in [0.29, 0.717) is 6.54 Å². The number of hydrogen-bond donors (Lipinski definition) is 2. The van der Waals surface area contributed by atoms with Crippen LogP contribution in [-0.4, -0.2) is 37.3 Å². The van der Waals surface area contributed by atoms with Gasteiger partial charge in [0, 0.05) is 19.3 Å². The molecule has 1 aromatic rings. The van der Waals surface area contributed by atoms with Crippen molar-refractivity contribution in [2.45, 2.75) is 31.7 Å². The first-order chi connectivity index (χ1) is 8.90. The number of esters is 1. The lowest BCUT2D eigenvalue weighted by molar-refractivity contribution is -0.142. The van der Waals surface area contributed by atoms with Crippen molar-refractivity contribution in [1.29, 1.82) is 0 Å². The number of nitrogen functional groups attached to an aromatic ring is 1. The molecule has 1 heterocycles. The number of rotatable bonds is 7. The van der Waals surface area contributed by atoms with Gasteiger partial charge in [0.1, 0.15) is 4.90 Å². The lowest BCUT2D eigenvalue weighted by Crippen LogP contribution is -2.27. The minimum Gasteiger partial charge on any atom is -0.466 e. The summed E-state index contributed by atoms with van der Waals surface area (Å²) < 4.78 is 32.2. The second kappa shape index (κ2) is 6.53. The van der Waals surface area contributed by atoms with E-state index >= 15 is 0 Å². The number of aryl methyl sites for hydroxylation is 1. The molecule has 0 aliphatic rings. The van der Waals surface area contributed by atoms with Gasteiger partial charge in [-0.3, -0.25) is 9.48 Å². The van der Waals surface area contributed by atoms with Gasteiger partial charge in [0.15, 0.2) is 5.82 Å². The van der Waals surface area contributed by atoms with E-state index < -0.39 is 16.0 Å². The fraction of sp³-hybridized carbons (Fsp3) is 0.600. The van der Waals surface area contributed by atoms with E-state index in [0.717, 1.165) is 0 Å². The van der Waals surface area contributed by atoms with Crippen molar-refractivity contribution >= 4 is 21.8 Å². The SMILES string of the molecule is CCOC(=O)CCNS(=O)(=O)c1cn(CC)nc1N. The average molecular weight is 290 g/mol. The molecule has 19 heavy (non-hydrogen) atoms. The van der Waals surface area contributed by atoms with Gasteiger partial charge >= 0.3 is 5.97 Å². The van der Waals surface area contributed by atoms with Gasteiger partial charge < -0.3 is 10.5 Å². The third-order valence-electron chi connectivity index (χ3n) is 2.29. The van der Waals surface area contributed by atoms with Gasteiger partial charge in [-0.05, 0) is 13.8 Å². The Morgan fingerprint density at radius 3 is 2.74 bits per heavy atom. The molecule has 0 radical (unpaired) electrons. The summed E-state index contributed by atoms with van der Waals surface area (Å²) in [5, 5.41) is 3.85. The Hall–Kier alpha value is -1.61. The van der Waals surface area contributed by atoms with Crippen LogP contribution in [0.4, 0.5) is 5.82 Å². The van der Waals surface area contributed by atoms with Crippen LogP contribution in [0.2, 0.25) is 0 Å². The molecule has 0 aromatic carbocycles. The number of anilines is 1. The molecule has 0 saturated heterocycles. The number of carbonyl (C=O) groups excluding carboxylic acids is 1. The van der Waals surface area contributed by atoms with E-state index in [4.69, 9.17) is 10.5 Å². The van der Waals surface area contributed by atoms with Crippen LogP contribution in [0.5, 0.6) is 0 Å². The van der Waals surface area contributed by atoms with Crippen molar-refractivity contribution in [2.24, 2.45) is 0 Å². The summed E-state index contributed by atoms with van der Waals surface area (Å²) in [5.74, 6) is -0.520. The maximum atomic E-state index is 11.9. The molecule has 0 saturated carbocycles. The highest BCUT2D eigenvalue weighted by Crippen LogP contribution is 2.15. The Balaban J connectivity index is 2.65. The lowest BCUT2D eigenvalue weighted by atomic mass is 10.4. The van der Waals surface area contributed by atoms with Gasteiger partial charge in [0.2, 0.25) is 10.0 Å². The maximum Gasteiger partial charge on any atom is 0.307 e. The highest BCUT2D eigenvalue weighted by Gasteiger charge is 2.20. The summed E-state index contributed by atoms with van der Waals surface area (Å²) in [6.07, 6.45) is 1.32. The molecule has 0 bridgehead atoms. The number of ether oxygens (including phenoxy) is 1. The van der Waals surface area contributed by atoms with Crippen LogP contribution in [0.1, 0.15) is 20.3 Å². The molecule has 3 N–H and O–H groups in total. The molecule has 9 heteroatoms. The third kappa shape index (κ3) is 4.21. The number of nitrogens with two attached hydrogens (primary N) is 1. The first kappa shape index (κ1) is 15.4. The van der Waals surface area contributed by atoms with E-state index in [9.17, 15) is 13.2 Å². The van der Waals surface area contributed by atoms with E-state index in [2.05, 4.69) is 9.82 Å². The minimum atomic E-state index is -3.76. The molecule has 0 amide bonds. The molecular weight excluding hydrogens is 272 g/mol. The zero-order valence-corrected chi connectivity index (χ0v) is 11.7. The van der Waals surface area contributed by atoms with Crippen LogP contribution >= 0.6 is 0 Å². The van der Waals surface area contributed by atoms with Gasteiger partial charge in [0.05, 0.1) is 13.0 Å². The number of carbonyl (C=O) groups is 1. The Kier molecular flexibility index (Phi) is 5.31. The zero-order valence-electron chi connectivity index (χ0n) is 10.9. The van der Waals surface area contributed by atoms with Gasteiger partial charge in [-0.1, -0.05) is 0 Å². The van der Waals surface area contributed by atoms with Gasteiger partial charge in [-0.2, -0.15) is 5.10 Å². The summed E-state index contributed by atoms with van der Waals surface area (Å²) in [6.45, 7) is 4.24. The molecule has 0 fully saturated rings. The highest BCUT2D eigenvalue weighted by atomic mass is 32.2. The van der Waals surface area contributed by atoms with E-state index in [-0.39, 0.29) is 30.3 Å². The van der Waals surface area contributed by atoms with Crippen LogP contribution in [-0.2, 0) is 26.1 Å². The smallest absolute Gasteiger partial charge is 0.307 e. The molecule has 0 spiro atoms. The maximum absolute atomic E-state index is 11.9. The summed E-state index contributed by atoms with van der Waals surface area (Å²) in [7, 11) is -3.76. The Bertz CT molecular complexity index is 538. The van der Waals surface area contributed by atoms with Gasteiger partial charge in [-0.15, -0.1) is 0 Å². The number of aromatic nitrogens is 2. The summed E-state index contributed by atoms with van der Waals surface area (Å²) >= 11 is 0. The molecule has 0 unspecified atom stereocenters. The topological polar surface area (TPSA) is 116 Å². The van der Waals surface area contributed by atoms with E-state index in [1.807, 2.05) is 6.92 Å². The first-order valence-electron chi connectivity index (χ1n) is 5.89. The Morgan fingerprint density at radius 1 is 1.53 bits per heavy atom. The van der Waals surface area contributed by atoms with Crippen LogP contribution in [0.25, 0.3) is 0 Å². The molecule has 1 aromatic heterocycles. The van der Waals surface area contributed by atoms with Crippen LogP contribution in [0.3, 0.4) is 0 Å². The van der Waals surface area contributed by atoms with Crippen molar-refractivity contribution in [3.63, 3.8) is 0 Å². The van der Waals surface area contributed by atoms with Crippen LogP contribution < -0.4 is 10.5 Å². The summed E-state index contributed by atoms with van der Waals surface area (Å²) in [4.78, 5) is 11.0. The highest BCUT2D eigenvalue weighted by molar-refractivity contribution is 7.89. The first-order valence-corrected chi connectivity index (χ1v) is 7.37. The third-order valence-corrected chi connectivity index (χ3v) is 3.77. The molecule has 8 nitrogen and oxygen atoms in total. The molecule has 0 aliphatic heterocycles. The largest absolute Gasteiger partial charge is 0.466 e. The van der Waals surface area contributed by atoms with Crippen LogP contribution in [0.15, 0.2) is 11.1 Å². The molecule has 108 valence electrons. The van der Waals surface area contributed by atoms with Crippen molar-refractivity contribution in [1.82, 2.24) is 14.5 Å². The lowest BCUT2D eigenvalue weighted by Gasteiger charge is -2.05. The van der Waals surface area contributed by atoms with Gasteiger partial charge in [-0.25, -0.2) is 13.1 Å². The zero-order chi connectivity index (χ0) is 14.5. The quantitative estimate of drug-likeness (QED) is 0.667. The molecule has 1 rings (SSSR count). The number of nitrogens with zero attached hydrogens (tertiary/aromatic N) is 2. The van der Waals surface area contributed by atoms with Crippen molar-refractivity contribution in [3.8, 4) is 0 Å². The fourth-order valence-corrected chi connectivity index (χ4v) is 2.49. The summed E-state index contributed by atoms with van der Waals surface area (Å²) in [5.41, 5.74) is 5.54. The number of hydrogen-bond acceptors (Lipinski definition) is 6. The predicted molar refractivity (Wildman–Crippen MR) is 68.8 cm³/mol. The summed E-state index contributed by atoms with van der Waals surface area (Å²) in [6, 6.07) is 0. The fourth-order valence-electron chi connectivity index (χ4n) is 1.39. The normalized spacial score (nSPS) is 11.5. The Labute approximate surface area is 112 Å². The molecule has 0 aliphatic carbocycles. The predicted octanol–water partition coefficient (Wildman–Crippen LogP) is -0.283. The number of nitrogens with one attached hydrogen (secondary N) is 1. The monoisotopic (exact) mass is 290 g/mol. The van der Waals surface area contributed by atoms with Gasteiger partial charge in [0.25, 0.3) is 0 Å². The molecular formula is C10H18N4O4S. The van der Waals surface area contributed by atoms with E-state index in [1.54, 1.807) is 6.92 Å². The second-order valence-electron chi connectivity index (χ2n) is 3.69. The average Bonchev–Trinajstić information content (AvgIpc) is 2.71. The minimum absolute atomic E-state index is 0.0328. The van der Waals surface area contributed by atoms with Crippen molar-refractivity contribution in [3.05, 3.63) is 6.20 Å². The Morgan fingerprint density at radius 2 is 2.21 bits per heavy atom. The second-order valence-corrected chi connectivity index (χ2v) is 5.42. The van der Waals surface area contributed by atoms with Crippen molar-refractivity contribution in [2.75, 3.05) is 18.9 Å². The van der Waals surface area contributed by atoms with Crippen molar-refractivity contribution < 1.29 is 17.9 Å². The standard InChI is InChI=1S/C10H18N4O4S/c1-3-14-7-8(10(11)13-14)19(16,17)12-6-5-9(15)18-4-2/h7,12H,3-6H2,1-2H3,(H2,11,13). The number of sulfonamides is 1. The van der Waals surface area contributed by atoms with E-state index in [1.165, 1.54) is 10.9 Å².